The van der Waals surface area contributed by atoms with Crippen LogP contribution in [0.2, 0.25) is 0 Å². The van der Waals surface area contributed by atoms with Crippen molar-refractivity contribution in [1.82, 2.24) is 15.6 Å². The fourth-order valence-electron chi connectivity index (χ4n) is 3.77. The van der Waals surface area contributed by atoms with Crippen LogP contribution >= 0.6 is 0 Å². The van der Waals surface area contributed by atoms with Gasteiger partial charge in [-0.25, -0.2) is 9.37 Å². The molecule has 7 heteroatoms. The predicted octanol–water partition coefficient (Wildman–Crippen LogP) is 3.06. The second-order valence-corrected chi connectivity index (χ2v) is 7.66. The first-order valence-corrected chi connectivity index (χ1v) is 10.5. The summed E-state index contributed by atoms with van der Waals surface area (Å²) in [6.45, 7) is 2.40. The standard InChI is InChI=1S/C24H25FN4O2/c25-19-9-7-17(8-10-19)15-22(30)26-11-12-27-24(31)20-16-18-5-1-2-6-21(18)28-23(20)29-13-3-4-14-29/h1-2,5-10,16H,3-4,11-15H2,(H,26,30)(H,27,31). The number of pyridine rings is 1. The summed E-state index contributed by atoms with van der Waals surface area (Å²) in [6.07, 6.45) is 2.35. The van der Waals surface area contributed by atoms with E-state index in [4.69, 9.17) is 4.98 Å². The van der Waals surface area contributed by atoms with Crippen LogP contribution in [0.15, 0.2) is 54.6 Å². The van der Waals surface area contributed by atoms with Crippen molar-refractivity contribution in [3.63, 3.8) is 0 Å². The van der Waals surface area contributed by atoms with E-state index in [0.29, 0.717) is 24.5 Å². The van der Waals surface area contributed by atoms with Gasteiger partial charge in [-0.2, -0.15) is 0 Å². The highest BCUT2D eigenvalue weighted by atomic mass is 19.1. The first kappa shape index (κ1) is 20.8. The lowest BCUT2D eigenvalue weighted by Crippen LogP contribution is -2.36. The van der Waals surface area contributed by atoms with E-state index in [2.05, 4.69) is 15.5 Å². The summed E-state index contributed by atoms with van der Waals surface area (Å²) in [5.41, 5.74) is 2.16. The molecule has 2 aromatic carbocycles. The number of aromatic nitrogens is 1. The topological polar surface area (TPSA) is 74.3 Å². The van der Waals surface area contributed by atoms with Crippen LogP contribution in [0, 0.1) is 5.82 Å². The number of amides is 2. The summed E-state index contributed by atoms with van der Waals surface area (Å²) < 4.78 is 13.0. The summed E-state index contributed by atoms with van der Waals surface area (Å²) in [5.74, 6) is 0.0105. The van der Waals surface area contributed by atoms with E-state index >= 15 is 0 Å². The Balaban J connectivity index is 1.36. The average molecular weight is 420 g/mol. The van der Waals surface area contributed by atoms with Gasteiger partial charge in [-0.3, -0.25) is 9.59 Å². The van der Waals surface area contributed by atoms with Crippen molar-refractivity contribution in [2.24, 2.45) is 0 Å². The van der Waals surface area contributed by atoms with Crippen LogP contribution < -0.4 is 15.5 Å². The molecule has 1 aromatic heterocycles. The molecule has 0 spiro atoms. The summed E-state index contributed by atoms with van der Waals surface area (Å²) in [5, 5.41) is 6.58. The molecule has 160 valence electrons. The summed E-state index contributed by atoms with van der Waals surface area (Å²) >= 11 is 0. The number of carbonyl (C=O) groups is 2. The Morgan fingerprint density at radius 3 is 2.45 bits per heavy atom. The highest BCUT2D eigenvalue weighted by molar-refractivity contribution is 6.02. The van der Waals surface area contributed by atoms with Crippen LogP contribution in [0.25, 0.3) is 10.9 Å². The number of rotatable bonds is 7. The van der Waals surface area contributed by atoms with Gasteiger partial charge in [0.15, 0.2) is 0 Å². The average Bonchev–Trinajstić information content (AvgIpc) is 3.32. The van der Waals surface area contributed by atoms with Gasteiger partial charge in [0.1, 0.15) is 11.6 Å². The Bertz CT molecular complexity index is 1080. The maximum absolute atomic E-state index is 13.0. The molecule has 2 heterocycles. The molecule has 3 aromatic rings. The first-order valence-electron chi connectivity index (χ1n) is 10.5. The number of nitrogens with zero attached hydrogens (tertiary/aromatic N) is 2. The van der Waals surface area contributed by atoms with Gasteiger partial charge in [-0.05, 0) is 42.7 Å². The van der Waals surface area contributed by atoms with Gasteiger partial charge in [0, 0.05) is 31.6 Å². The van der Waals surface area contributed by atoms with Gasteiger partial charge in [0.25, 0.3) is 5.91 Å². The molecule has 0 saturated carbocycles. The van der Waals surface area contributed by atoms with E-state index in [-0.39, 0.29) is 24.1 Å². The van der Waals surface area contributed by atoms with E-state index in [9.17, 15) is 14.0 Å². The van der Waals surface area contributed by atoms with Crippen molar-refractivity contribution in [2.45, 2.75) is 19.3 Å². The molecule has 31 heavy (non-hydrogen) atoms. The molecular formula is C24H25FN4O2. The third kappa shape index (κ3) is 5.17. The first-order chi connectivity index (χ1) is 15.1. The van der Waals surface area contributed by atoms with E-state index in [0.717, 1.165) is 42.4 Å². The van der Waals surface area contributed by atoms with Crippen molar-refractivity contribution < 1.29 is 14.0 Å². The lowest BCUT2D eigenvalue weighted by Gasteiger charge is -2.20. The van der Waals surface area contributed by atoms with Gasteiger partial charge in [0.05, 0.1) is 17.5 Å². The highest BCUT2D eigenvalue weighted by Crippen LogP contribution is 2.26. The molecule has 0 bridgehead atoms. The van der Waals surface area contributed by atoms with Crippen LogP contribution in [0.1, 0.15) is 28.8 Å². The Kier molecular flexibility index (Phi) is 6.40. The number of anilines is 1. The fraction of sp³-hybridized carbons (Fsp3) is 0.292. The largest absolute Gasteiger partial charge is 0.356 e. The Morgan fingerprint density at radius 1 is 0.968 bits per heavy atom. The van der Waals surface area contributed by atoms with Gasteiger partial charge in [-0.1, -0.05) is 30.3 Å². The number of carbonyl (C=O) groups excluding carboxylic acids is 2. The number of halogens is 1. The minimum atomic E-state index is -0.330. The molecular weight excluding hydrogens is 395 g/mol. The minimum Gasteiger partial charge on any atom is -0.356 e. The van der Waals surface area contributed by atoms with E-state index in [1.807, 2.05) is 30.3 Å². The second kappa shape index (κ2) is 9.55. The zero-order chi connectivity index (χ0) is 21.6. The lowest BCUT2D eigenvalue weighted by atomic mass is 10.1. The summed E-state index contributed by atoms with van der Waals surface area (Å²) in [6, 6.07) is 15.5. The predicted molar refractivity (Wildman–Crippen MR) is 119 cm³/mol. The summed E-state index contributed by atoms with van der Waals surface area (Å²) in [4.78, 5) is 31.9. The second-order valence-electron chi connectivity index (χ2n) is 7.66. The van der Waals surface area contributed by atoms with Crippen molar-refractivity contribution in [2.75, 3.05) is 31.1 Å². The maximum atomic E-state index is 13.0. The molecule has 0 atom stereocenters. The fourth-order valence-corrected chi connectivity index (χ4v) is 3.77. The van der Waals surface area contributed by atoms with Crippen molar-refractivity contribution in [1.29, 1.82) is 0 Å². The van der Waals surface area contributed by atoms with Crippen LogP contribution in [-0.4, -0.2) is 43.0 Å². The number of benzene rings is 2. The quantitative estimate of drug-likeness (QED) is 0.576. The maximum Gasteiger partial charge on any atom is 0.255 e. The molecule has 0 radical (unpaired) electrons. The molecule has 1 aliphatic heterocycles. The van der Waals surface area contributed by atoms with Crippen molar-refractivity contribution in [3.8, 4) is 0 Å². The van der Waals surface area contributed by atoms with E-state index in [1.54, 1.807) is 12.1 Å². The van der Waals surface area contributed by atoms with Gasteiger partial charge < -0.3 is 15.5 Å². The Morgan fingerprint density at radius 2 is 1.68 bits per heavy atom. The van der Waals surface area contributed by atoms with Gasteiger partial charge in [0.2, 0.25) is 5.91 Å². The molecule has 1 saturated heterocycles. The molecule has 2 amide bonds. The molecule has 0 unspecified atom stereocenters. The monoisotopic (exact) mass is 420 g/mol. The normalized spacial score (nSPS) is 13.4. The Labute approximate surface area is 180 Å². The number of hydrogen-bond acceptors (Lipinski definition) is 4. The molecule has 6 nitrogen and oxygen atoms in total. The van der Waals surface area contributed by atoms with Crippen molar-refractivity contribution in [3.05, 3.63) is 71.5 Å². The van der Waals surface area contributed by atoms with E-state index in [1.165, 1.54) is 12.1 Å². The number of hydrogen-bond donors (Lipinski definition) is 2. The summed E-state index contributed by atoms with van der Waals surface area (Å²) in [7, 11) is 0. The van der Waals surface area contributed by atoms with Crippen LogP contribution in [0.3, 0.4) is 0 Å². The molecule has 1 aliphatic rings. The molecule has 4 rings (SSSR count). The number of fused-ring (bicyclic) bond motifs is 1. The minimum absolute atomic E-state index is 0.169. The smallest absolute Gasteiger partial charge is 0.255 e. The third-order valence-corrected chi connectivity index (χ3v) is 5.36. The molecule has 1 fully saturated rings. The molecule has 0 aliphatic carbocycles. The number of para-hydroxylation sites is 1. The van der Waals surface area contributed by atoms with Gasteiger partial charge in [-0.15, -0.1) is 0 Å². The van der Waals surface area contributed by atoms with Crippen LogP contribution in [-0.2, 0) is 11.2 Å². The SMILES string of the molecule is O=C(Cc1ccc(F)cc1)NCCNC(=O)c1cc2ccccc2nc1N1CCCC1. The zero-order valence-electron chi connectivity index (χ0n) is 17.2. The third-order valence-electron chi connectivity index (χ3n) is 5.36. The van der Waals surface area contributed by atoms with Crippen LogP contribution in [0.4, 0.5) is 10.2 Å². The zero-order valence-corrected chi connectivity index (χ0v) is 17.2. The van der Waals surface area contributed by atoms with Crippen molar-refractivity contribution >= 4 is 28.5 Å². The van der Waals surface area contributed by atoms with Crippen LogP contribution in [0.5, 0.6) is 0 Å². The highest BCUT2D eigenvalue weighted by Gasteiger charge is 2.21. The van der Waals surface area contributed by atoms with Gasteiger partial charge >= 0.3 is 0 Å². The number of nitrogens with one attached hydrogen (secondary N) is 2. The molecule has 2 N–H and O–H groups in total. The lowest BCUT2D eigenvalue weighted by molar-refractivity contribution is -0.120. The van der Waals surface area contributed by atoms with E-state index < -0.39 is 0 Å². The Hall–Kier alpha value is -3.48.